The minimum Gasteiger partial charge on any atom is -0.370 e. The molecule has 0 unspecified atom stereocenters. The summed E-state index contributed by atoms with van der Waals surface area (Å²) in [6.45, 7) is 2.31. The molecule has 0 saturated heterocycles. The predicted molar refractivity (Wildman–Crippen MR) is 96.8 cm³/mol. The number of nitrogens with zero attached hydrogens (tertiary/aromatic N) is 1. The summed E-state index contributed by atoms with van der Waals surface area (Å²) in [6, 6.07) is 11.2. The molecule has 118 valence electrons. The molecule has 3 N–H and O–H groups in total. The van der Waals surface area contributed by atoms with Crippen molar-refractivity contribution < 1.29 is 8.78 Å². The first kappa shape index (κ1) is 18.3. The summed E-state index contributed by atoms with van der Waals surface area (Å²) >= 11 is 0. The van der Waals surface area contributed by atoms with Crippen molar-refractivity contribution in [3.8, 4) is 0 Å². The summed E-state index contributed by atoms with van der Waals surface area (Å²) < 4.78 is 26.2. The van der Waals surface area contributed by atoms with Crippen molar-refractivity contribution in [3.05, 3.63) is 65.2 Å². The van der Waals surface area contributed by atoms with E-state index in [1.807, 2.05) is 31.2 Å². The molecule has 2 aromatic carbocycles. The number of guanidine groups is 1. The molecule has 22 heavy (non-hydrogen) atoms. The molecular formula is C16H18F2IN3. The molecule has 0 radical (unpaired) electrons. The van der Waals surface area contributed by atoms with E-state index in [9.17, 15) is 8.78 Å². The highest BCUT2D eigenvalue weighted by molar-refractivity contribution is 14.0. The van der Waals surface area contributed by atoms with Crippen LogP contribution in [0.3, 0.4) is 0 Å². The smallest absolute Gasteiger partial charge is 0.193 e. The van der Waals surface area contributed by atoms with E-state index in [1.165, 1.54) is 12.1 Å². The first-order valence-corrected chi connectivity index (χ1v) is 6.62. The quantitative estimate of drug-likeness (QED) is 0.451. The normalized spacial score (nSPS) is 11.0. The molecule has 0 saturated carbocycles. The van der Waals surface area contributed by atoms with Crippen molar-refractivity contribution in [3.63, 3.8) is 0 Å². The Balaban J connectivity index is 0.00000242. The van der Waals surface area contributed by atoms with Gasteiger partial charge in [0, 0.05) is 18.3 Å². The second kappa shape index (κ2) is 8.67. The van der Waals surface area contributed by atoms with Gasteiger partial charge in [0.2, 0.25) is 0 Å². The van der Waals surface area contributed by atoms with Gasteiger partial charge in [0.1, 0.15) is 11.6 Å². The van der Waals surface area contributed by atoms with Gasteiger partial charge in [-0.1, -0.05) is 18.2 Å². The molecule has 3 nitrogen and oxygen atoms in total. The van der Waals surface area contributed by atoms with Crippen molar-refractivity contribution in [2.75, 3.05) is 11.9 Å². The summed E-state index contributed by atoms with van der Waals surface area (Å²) in [5.74, 6) is -0.876. The molecule has 0 fully saturated rings. The first-order chi connectivity index (χ1) is 10.0. The van der Waals surface area contributed by atoms with Crippen LogP contribution < -0.4 is 11.1 Å². The fourth-order valence-electron chi connectivity index (χ4n) is 1.93. The molecule has 0 atom stereocenters. The lowest BCUT2D eigenvalue weighted by molar-refractivity contribution is 0.572. The SMILES string of the molecule is Cc1cccc(NC(N)=NCCc2ccc(F)cc2F)c1.I. The molecule has 2 rings (SSSR count). The molecule has 0 aromatic heterocycles. The summed E-state index contributed by atoms with van der Waals surface area (Å²) in [4.78, 5) is 4.13. The Morgan fingerprint density at radius 2 is 1.95 bits per heavy atom. The van der Waals surface area contributed by atoms with Crippen LogP contribution in [0, 0.1) is 18.6 Å². The summed E-state index contributed by atoms with van der Waals surface area (Å²) in [6.07, 6.45) is 0.363. The van der Waals surface area contributed by atoms with Crippen LogP contribution in [0.15, 0.2) is 47.5 Å². The molecule has 0 aliphatic rings. The molecule has 0 aliphatic heterocycles. The van der Waals surface area contributed by atoms with Crippen molar-refractivity contribution in [1.29, 1.82) is 0 Å². The molecule has 0 aliphatic carbocycles. The fraction of sp³-hybridized carbons (Fsp3) is 0.188. The first-order valence-electron chi connectivity index (χ1n) is 6.62. The van der Waals surface area contributed by atoms with E-state index in [1.54, 1.807) is 0 Å². The van der Waals surface area contributed by atoms with Gasteiger partial charge in [-0.05, 0) is 42.7 Å². The largest absolute Gasteiger partial charge is 0.370 e. The lowest BCUT2D eigenvalue weighted by Gasteiger charge is -2.06. The van der Waals surface area contributed by atoms with E-state index in [4.69, 9.17) is 5.73 Å². The average molecular weight is 417 g/mol. The van der Waals surface area contributed by atoms with Crippen LogP contribution in [-0.2, 0) is 6.42 Å². The summed E-state index contributed by atoms with van der Waals surface area (Å²) in [5, 5.41) is 2.97. The van der Waals surface area contributed by atoms with Crippen LogP contribution in [-0.4, -0.2) is 12.5 Å². The van der Waals surface area contributed by atoms with E-state index in [0.717, 1.165) is 17.3 Å². The number of rotatable bonds is 4. The van der Waals surface area contributed by atoms with E-state index in [2.05, 4.69) is 10.3 Å². The van der Waals surface area contributed by atoms with Crippen LogP contribution in [0.4, 0.5) is 14.5 Å². The van der Waals surface area contributed by atoms with E-state index in [-0.39, 0.29) is 29.9 Å². The lowest BCUT2D eigenvalue weighted by Crippen LogP contribution is -2.23. The number of aliphatic imine (C=N–C) groups is 1. The molecule has 6 heteroatoms. The Morgan fingerprint density at radius 3 is 2.64 bits per heavy atom. The second-order valence-electron chi connectivity index (χ2n) is 4.75. The molecule has 0 spiro atoms. The minimum atomic E-state index is -0.583. The minimum absolute atomic E-state index is 0. The van der Waals surface area contributed by atoms with Gasteiger partial charge >= 0.3 is 0 Å². The van der Waals surface area contributed by atoms with E-state index in [0.29, 0.717) is 18.5 Å². The van der Waals surface area contributed by atoms with Crippen LogP contribution in [0.1, 0.15) is 11.1 Å². The van der Waals surface area contributed by atoms with Crippen LogP contribution in [0.2, 0.25) is 0 Å². The molecule has 0 heterocycles. The Bertz CT molecular complexity index is 660. The number of anilines is 1. The van der Waals surface area contributed by atoms with Gasteiger partial charge in [-0.25, -0.2) is 8.78 Å². The average Bonchev–Trinajstić information content (AvgIpc) is 2.41. The number of hydrogen-bond acceptors (Lipinski definition) is 1. The third-order valence-corrected chi connectivity index (χ3v) is 2.97. The number of nitrogens with two attached hydrogens (primary N) is 1. The predicted octanol–water partition coefficient (Wildman–Crippen LogP) is 3.86. The highest BCUT2D eigenvalue weighted by atomic mass is 127. The number of hydrogen-bond donors (Lipinski definition) is 2. The topological polar surface area (TPSA) is 50.4 Å². The third kappa shape index (κ3) is 5.59. The Labute approximate surface area is 145 Å². The van der Waals surface area contributed by atoms with Crippen LogP contribution >= 0.6 is 24.0 Å². The van der Waals surface area contributed by atoms with Crippen molar-refractivity contribution >= 4 is 35.6 Å². The fourth-order valence-corrected chi connectivity index (χ4v) is 1.93. The highest BCUT2D eigenvalue weighted by Gasteiger charge is 2.03. The van der Waals surface area contributed by atoms with Crippen molar-refractivity contribution in [2.24, 2.45) is 10.7 Å². The number of benzene rings is 2. The van der Waals surface area contributed by atoms with Gasteiger partial charge in [-0.2, -0.15) is 0 Å². The Kier molecular flexibility index (Phi) is 7.23. The lowest BCUT2D eigenvalue weighted by atomic mass is 10.1. The Morgan fingerprint density at radius 1 is 1.18 bits per heavy atom. The number of halogens is 3. The monoisotopic (exact) mass is 417 g/mol. The zero-order chi connectivity index (χ0) is 15.2. The maximum atomic E-state index is 13.4. The molecule has 0 bridgehead atoms. The van der Waals surface area contributed by atoms with Gasteiger partial charge in [-0.15, -0.1) is 24.0 Å². The molecular weight excluding hydrogens is 399 g/mol. The highest BCUT2D eigenvalue weighted by Crippen LogP contribution is 2.11. The Hall–Kier alpha value is -1.70. The number of nitrogens with one attached hydrogen (secondary N) is 1. The van der Waals surface area contributed by atoms with Gasteiger partial charge in [0.15, 0.2) is 5.96 Å². The standard InChI is InChI=1S/C16H17F2N3.HI/c1-11-3-2-4-14(9-11)21-16(19)20-8-7-12-5-6-13(17)10-15(12)18;/h2-6,9-10H,7-8H2,1H3,(H3,19,20,21);1H. The summed E-state index contributed by atoms with van der Waals surface area (Å²) in [7, 11) is 0. The zero-order valence-electron chi connectivity index (χ0n) is 12.1. The van der Waals surface area contributed by atoms with Gasteiger partial charge in [0.05, 0.1) is 0 Å². The van der Waals surface area contributed by atoms with Gasteiger partial charge < -0.3 is 11.1 Å². The van der Waals surface area contributed by atoms with Crippen molar-refractivity contribution in [2.45, 2.75) is 13.3 Å². The third-order valence-electron chi connectivity index (χ3n) is 2.97. The second-order valence-corrected chi connectivity index (χ2v) is 4.75. The van der Waals surface area contributed by atoms with Crippen LogP contribution in [0.5, 0.6) is 0 Å². The van der Waals surface area contributed by atoms with E-state index < -0.39 is 11.6 Å². The van der Waals surface area contributed by atoms with Gasteiger partial charge in [0.25, 0.3) is 0 Å². The zero-order valence-corrected chi connectivity index (χ0v) is 14.5. The molecule has 2 aromatic rings. The van der Waals surface area contributed by atoms with E-state index >= 15 is 0 Å². The van der Waals surface area contributed by atoms with Crippen molar-refractivity contribution in [1.82, 2.24) is 0 Å². The molecule has 0 amide bonds. The maximum absolute atomic E-state index is 13.4. The number of aryl methyl sites for hydroxylation is 1. The van der Waals surface area contributed by atoms with Crippen LogP contribution in [0.25, 0.3) is 0 Å². The maximum Gasteiger partial charge on any atom is 0.193 e. The summed E-state index contributed by atoms with van der Waals surface area (Å²) in [5.41, 5.74) is 8.15. The van der Waals surface area contributed by atoms with Gasteiger partial charge in [-0.3, -0.25) is 4.99 Å².